The second-order valence-electron chi connectivity index (χ2n) is 5.16. The Labute approximate surface area is 160 Å². The molecule has 2 aromatic heterocycles. The lowest BCUT2D eigenvalue weighted by atomic mass is 10.1. The SMILES string of the molecule is CCOC(=O)c1sc(NC(=S)Nc2ccn(C)n2)c(C(=O)OCC)c1C. The van der Waals surface area contributed by atoms with Crippen molar-refractivity contribution in [3.05, 3.63) is 28.3 Å². The first-order valence-electron chi connectivity index (χ1n) is 7.92. The largest absolute Gasteiger partial charge is 0.462 e. The fraction of sp³-hybridized carbons (Fsp3) is 0.375. The van der Waals surface area contributed by atoms with Crippen LogP contribution in [0.3, 0.4) is 0 Å². The van der Waals surface area contributed by atoms with Gasteiger partial charge in [0.15, 0.2) is 10.9 Å². The molecule has 2 N–H and O–H groups in total. The first-order chi connectivity index (χ1) is 12.4. The maximum Gasteiger partial charge on any atom is 0.348 e. The molecular formula is C16H20N4O4S2. The van der Waals surface area contributed by atoms with E-state index in [1.165, 1.54) is 0 Å². The molecule has 0 fully saturated rings. The maximum atomic E-state index is 12.3. The Morgan fingerprint density at radius 3 is 2.46 bits per heavy atom. The van der Waals surface area contributed by atoms with E-state index in [-0.39, 0.29) is 23.9 Å². The van der Waals surface area contributed by atoms with Gasteiger partial charge in [-0.1, -0.05) is 0 Å². The summed E-state index contributed by atoms with van der Waals surface area (Å²) in [5.41, 5.74) is 0.764. The molecular weight excluding hydrogens is 376 g/mol. The van der Waals surface area contributed by atoms with Gasteiger partial charge in [-0.2, -0.15) is 5.10 Å². The molecule has 8 nitrogen and oxygen atoms in total. The topological polar surface area (TPSA) is 94.5 Å². The zero-order valence-electron chi connectivity index (χ0n) is 14.9. The van der Waals surface area contributed by atoms with Crippen molar-refractivity contribution in [2.24, 2.45) is 7.05 Å². The fourth-order valence-corrected chi connectivity index (χ4v) is 3.54. The number of aromatic nitrogens is 2. The molecule has 10 heteroatoms. The molecule has 0 aliphatic heterocycles. The molecule has 2 aromatic rings. The predicted molar refractivity (Wildman–Crippen MR) is 104 cm³/mol. The first kappa shape index (κ1) is 19.9. The number of hydrogen-bond donors (Lipinski definition) is 2. The smallest absolute Gasteiger partial charge is 0.348 e. The Balaban J connectivity index is 2.29. The van der Waals surface area contributed by atoms with Crippen LogP contribution < -0.4 is 10.6 Å². The normalized spacial score (nSPS) is 10.3. The standard InChI is InChI=1S/C16H20N4O4S2/c1-5-23-14(21)11-9(3)12(15(22)24-6-2)26-13(11)18-16(25)17-10-7-8-20(4)19-10/h7-8H,5-6H2,1-4H3,(H2,17,18,19,25). The lowest BCUT2D eigenvalue weighted by molar-refractivity contribution is 0.0527. The zero-order valence-corrected chi connectivity index (χ0v) is 16.5. The minimum atomic E-state index is -0.528. The van der Waals surface area contributed by atoms with Crippen LogP contribution >= 0.6 is 23.6 Å². The van der Waals surface area contributed by atoms with Crippen LogP contribution in [0.15, 0.2) is 12.3 Å². The van der Waals surface area contributed by atoms with Gasteiger partial charge in [0.1, 0.15) is 9.88 Å². The number of aryl methyl sites for hydroxylation is 1. The Morgan fingerprint density at radius 2 is 1.88 bits per heavy atom. The number of nitrogens with zero attached hydrogens (tertiary/aromatic N) is 2. The summed E-state index contributed by atoms with van der Waals surface area (Å²) in [5, 5.41) is 10.7. The molecule has 140 valence electrons. The second kappa shape index (κ2) is 8.77. The van der Waals surface area contributed by atoms with Crippen molar-refractivity contribution in [1.82, 2.24) is 9.78 Å². The van der Waals surface area contributed by atoms with Gasteiger partial charge < -0.3 is 20.1 Å². The number of thiocarbonyl (C=S) groups is 1. The van der Waals surface area contributed by atoms with Crippen molar-refractivity contribution in [2.75, 3.05) is 23.8 Å². The summed E-state index contributed by atoms with van der Waals surface area (Å²) in [6.45, 7) is 5.58. The van der Waals surface area contributed by atoms with E-state index >= 15 is 0 Å². The number of rotatable bonds is 6. The average molecular weight is 396 g/mol. The third kappa shape index (κ3) is 4.58. The Morgan fingerprint density at radius 1 is 1.23 bits per heavy atom. The lowest BCUT2D eigenvalue weighted by Crippen LogP contribution is -2.20. The van der Waals surface area contributed by atoms with E-state index in [4.69, 9.17) is 21.7 Å². The summed E-state index contributed by atoms with van der Waals surface area (Å²) in [7, 11) is 1.79. The fourth-order valence-electron chi connectivity index (χ4n) is 2.17. The summed E-state index contributed by atoms with van der Waals surface area (Å²) in [4.78, 5) is 24.8. The third-order valence-electron chi connectivity index (χ3n) is 3.27. The van der Waals surface area contributed by atoms with Crippen molar-refractivity contribution < 1.29 is 19.1 Å². The van der Waals surface area contributed by atoms with Gasteiger partial charge in [-0.25, -0.2) is 9.59 Å². The van der Waals surface area contributed by atoms with Gasteiger partial charge in [-0.15, -0.1) is 11.3 Å². The zero-order chi connectivity index (χ0) is 19.3. The van der Waals surface area contributed by atoms with Crippen LogP contribution in [0.25, 0.3) is 0 Å². The highest BCUT2D eigenvalue weighted by atomic mass is 32.1. The van der Waals surface area contributed by atoms with E-state index in [1.54, 1.807) is 44.8 Å². The van der Waals surface area contributed by atoms with Crippen LogP contribution in [-0.4, -0.2) is 40.0 Å². The summed E-state index contributed by atoms with van der Waals surface area (Å²) in [5.74, 6) is -0.460. The van der Waals surface area contributed by atoms with Crippen LogP contribution in [0.1, 0.15) is 39.4 Å². The minimum absolute atomic E-state index is 0.221. The molecule has 0 radical (unpaired) electrons. The number of hydrogen-bond acceptors (Lipinski definition) is 7. The number of ether oxygens (including phenoxy) is 2. The molecule has 0 atom stereocenters. The summed E-state index contributed by atoms with van der Waals surface area (Å²) >= 11 is 6.37. The van der Waals surface area contributed by atoms with E-state index in [2.05, 4.69) is 15.7 Å². The van der Waals surface area contributed by atoms with Crippen molar-refractivity contribution in [1.29, 1.82) is 0 Å². The van der Waals surface area contributed by atoms with Crippen molar-refractivity contribution in [3.8, 4) is 0 Å². The predicted octanol–water partition coefficient (Wildman–Crippen LogP) is 2.95. The van der Waals surface area contributed by atoms with Crippen molar-refractivity contribution in [3.63, 3.8) is 0 Å². The number of thiophene rings is 1. The molecule has 0 amide bonds. The van der Waals surface area contributed by atoms with Gasteiger partial charge >= 0.3 is 11.9 Å². The molecule has 0 aromatic carbocycles. The maximum absolute atomic E-state index is 12.3. The highest BCUT2D eigenvalue weighted by Gasteiger charge is 2.26. The van der Waals surface area contributed by atoms with Crippen LogP contribution in [0.2, 0.25) is 0 Å². The quantitative estimate of drug-likeness (QED) is 0.568. The number of nitrogens with one attached hydrogen (secondary N) is 2. The molecule has 0 bridgehead atoms. The van der Waals surface area contributed by atoms with E-state index in [0.29, 0.717) is 21.3 Å². The summed E-state index contributed by atoms with van der Waals surface area (Å²) in [6, 6.07) is 1.75. The van der Waals surface area contributed by atoms with Crippen LogP contribution in [0.5, 0.6) is 0 Å². The Bertz CT molecular complexity index is 828. The lowest BCUT2D eigenvalue weighted by Gasteiger charge is -2.09. The first-order valence-corrected chi connectivity index (χ1v) is 9.15. The van der Waals surface area contributed by atoms with Gasteiger partial charge in [0.25, 0.3) is 0 Å². The van der Waals surface area contributed by atoms with Gasteiger partial charge in [0.05, 0.1) is 18.8 Å². The molecule has 0 unspecified atom stereocenters. The molecule has 0 saturated heterocycles. The number of anilines is 2. The van der Waals surface area contributed by atoms with Gasteiger partial charge in [-0.3, -0.25) is 4.68 Å². The van der Waals surface area contributed by atoms with Crippen LogP contribution in [-0.2, 0) is 16.5 Å². The van der Waals surface area contributed by atoms with E-state index in [0.717, 1.165) is 11.3 Å². The third-order valence-corrected chi connectivity index (χ3v) is 4.66. The van der Waals surface area contributed by atoms with E-state index in [9.17, 15) is 9.59 Å². The Hall–Kier alpha value is -2.46. The number of esters is 2. The molecule has 0 saturated carbocycles. The van der Waals surface area contributed by atoms with Crippen LogP contribution in [0.4, 0.5) is 10.8 Å². The van der Waals surface area contributed by atoms with Crippen LogP contribution in [0, 0.1) is 6.92 Å². The Kier molecular flexibility index (Phi) is 6.70. The van der Waals surface area contributed by atoms with Crippen molar-refractivity contribution >= 4 is 51.4 Å². The van der Waals surface area contributed by atoms with E-state index < -0.39 is 11.9 Å². The van der Waals surface area contributed by atoms with Gasteiger partial charge in [0.2, 0.25) is 0 Å². The van der Waals surface area contributed by atoms with E-state index in [1.807, 2.05) is 0 Å². The number of carbonyl (C=O) groups is 2. The molecule has 0 aliphatic carbocycles. The highest BCUT2D eigenvalue weighted by Crippen LogP contribution is 2.34. The minimum Gasteiger partial charge on any atom is -0.462 e. The molecule has 0 spiro atoms. The summed E-state index contributed by atoms with van der Waals surface area (Å²) < 4.78 is 11.8. The molecule has 0 aliphatic rings. The highest BCUT2D eigenvalue weighted by molar-refractivity contribution is 7.80. The molecule has 2 rings (SSSR count). The summed E-state index contributed by atoms with van der Waals surface area (Å²) in [6.07, 6.45) is 1.77. The monoisotopic (exact) mass is 396 g/mol. The second-order valence-corrected chi connectivity index (χ2v) is 6.58. The molecule has 2 heterocycles. The molecule has 26 heavy (non-hydrogen) atoms. The van der Waals surface area contributed by atoms with Gasteiger partial charge in [-0.05, 0) is 38.6 Å². The average Bonchev–Trinajstić information content (AvgIpc) is 3.11. The van der Waals surface area contributed by atoms with Crippen molar-refractivity contribution in [2.45, 2.75) is 20.8 Å². The number of carbonyl (C=O) groups excluding carboxylic acids is 2. The van der Waals surface area contributed by atoms with Gasteiger partial charge in [0, 0.05) is 19.3 Å².